The molecule has 2 atom stereocenters. The van der Waals surface area contributed by atoms with Crippen LogP contribution >= 0.6 is 0 Å². The first kappa shape index (κ1) is 25.8. The van der Waals surface area contributed by atoms with E-state index < -0.39 is 0 Å². The van der Waals surface area contributed by atoms with E-state index in [0.717, 1.165) is 36.1 Å². The van der Waals surface area contributed by atoms with Gasteiger partial charge in [-0.15, -0.1) is 0 Å². The lowest BCUT2D eigenvalue weighted by molar-refractivity contribution is 0.0981. The van der Waals surface area contributed by atoms with Crippen molar-refractivity contribution in [2.45, 2.75) is 52.9 Å². The van der Waals surface area contributed by atoms with Crippen molar-refractivity contribution in [2.24, 2.45) is 11.8 Å². The average Bonchev–Trinajstić information content (AvgIpc) is 3.46. The summed E-state index contributed by atoms with van der Waals surface area (Å²) >= 11 is 0. The summed E-state index contributed by atoms with van der Waals surface area (Å²) in [5.41, 5.74) is 3.33. The highest BCUT2D eigenvalue weighted by atomic mass is 16.6. The van der Waals surface area contributed by atoms with Crippen LogP contribution in [0.25, 0.3) is 0 Å². The molecule has 6 heteroatoms. The number of hydrogen-bond acceptors (Lipinski definition) is 5. The second kappa shape index (κ2) is 12.1. The Labute approximate surface area is 214 Å². The second-order valence-electron chi connectivity index (χ2n) is 10.1. The summed E-state index contributed by atoms with van der Waals surface area (Å²) in [6, 6.07) is 18.5. The number of rotatable bonds is 10. The molecule has 1 fully saturated rings. The van der Waals surface area contributed by atoms with Crippen molar-refractivity contribution in [3.8, 4) is 5.75 Å². The largest absolute Gasteiger partial charge is 0.493 e. The molecule has 3 aromatic rings. The predicted molar refractivity (Wildman–Crippen MR) is 140 cm³/mol. The van der Waals surface area contributed by atoms with Gasteiger partial charge in [-0.3, -0.25) is 0 Å². The van der Waals surface area contributed by atoms with Crippen molar-refractivity contribution < 1.29 is 18.7 Å². The zero-order chi connectivity index (χ0) is 25.5. The van der Waals surface area contributed by atoms with Crippen molar-refractivity contribution in [3.05, 3.63) is 83.1 Å². The van der Waals surface area contributed by atoms with Crippen molar-refractivity contribution >= 4 is 6.09 Å². The minimum atomic E-state index is -0.202. The van der Waals surface area contributed by atoms with Crippen molar-refractivity contribution in [1.29, 1.82) is 0 Å². The van der Waals surface area contributed by atoms with E-state index in [4.69, 9.17) is 18.9 Å². The lowest BCUT2D eigenvalue weighted by Gasteiger charge is -2.18. The van der Waals surface area contributed by atoms with Gasteiger partial charge in [-0.1, -0.05) is 69.7 Å². The summed E-state index contributed by atoms with van der Waals surface area (Å²) in [4.78, 5) is 19.1. The number of oxazole rings is 1. The van der Waals surface area contributed by atoms with Gasteiger partial charge >= 0.3 is 6.09 Å². The maximum Gasteiger partial charge on any atom is 0.409 e. The molecule has 2 aromatic carbocycles. The van der Waals surface area contributed by atoms with Crippen LogP contribution in [0.4, 0.5) is 4.79 Å². The molecule has 0 bridgehead atoms. The molecule has 4 rings (SSSR count). The number of amides is 1. The Kier molecular flexibility index (Phi) is 8.68. The lowest BCUT2D eigenvalue weighted by Crippen LogP contribution is -2.30. The molecule has 2 heterocycles. The monoisotopic (exact) mass is 490 g/mol. The Bertz CT molecular complexity index is 1120. The van der Waals surface area contributed by atoms with Gasteiger partial charge < -0.3 is 18.8 Å². The van der Waals surface area contributed by atoms with Crippen LogP contribution in [-0.4, -0.2) is 42.3 Å². The van der Waals surface area contributed by atoms with Crippen molar-refractivity contribution in [3.63, 3.8) is 0 Å². The van der Waals surface area contributed by atoms with E-state index in [0.29, 0.717) is 44.4 Å². The average molecular weight is 491 g/mol. The normalized spacial score (nSPS) is 17.5. The van der Waals surface area contributed by atoms with Crippen molar-refractivity contribution in [2.75, 3.05) is 26.3 Å². The molecule has 0 unspecified atom stereocenters. The lowest BCUT2D eigenvalue weighted by atomic mass is 9.87. The highest BCUT2D eigenvalue weighted by Crippen LogP contribution is 2.36. The van der Waals surface area contributed by atoms with Crippen LogP contribution in [-0.2, 0) is 17.6 Å². The van der Waals surface area contributed by atoms with Gasteiger partial charge in [0.2, 0.25) is 0 Å². The first-order valence-corrected chi connectivity index (χ1v) is 13.1. The van der Waals surface area contributed by atoms with Gasteiger partial charge in [0.25, 0.3) is 0 Å². The third-order valence-electron chi connectivity index (χ3n) is 6.79. The quantitative estimate of drug-likeness (QED) is 0.328. The molecule has 0 saturated carbocycles. The number of hydrogen-bond donors (Lipinski definition) is 0. The van der Waals surface area contributed by atoms with Crippen LogP contribution in [0, 0.1) is 18.8 Å². The molecule has 0 spiro atoms. The third kappa shape index (κ3) is 6.68. The number of carbonyl (C=O) groups excluding carboxylic acids is 1. The summed E-state index contributed by atoms with van der Waals surface area (Å²) in [5.74, 6) is 3.45. The van der Waals surface area contributed by atoms with Gasteiger partial charge in [-0.25, -0.2) is 9.78 Å². The van der Waals surface area contributed by atoms with Crippen LogP contribution in [0.3, 0.4) is 0 Å². The SMILES string of the molecule is CC[C@H]1CN(C(=O)OCC(C)C)C[C@H]1c1cccc(OCCc2nc(Cc3ccccc3)oc2C)c1. The minimum Gasteiger partial charge on any atom is -0.493 e. The fraction of sp³-hybridized carbons (Fsp3) is 0.467. The molecular weight excluding hydrogens is 452 g/mol. The molecule has 1 aromatic heterocycles. The molecule has 1 saturated heterocycles. The standard InChI is InChI=1S/C30H38N2O4/c1-5-24-18-32(30(33)35-20-21(2)3)19-27(24)25-12-9-13-26(17-25)34-15-14-28-22(4)36-29(31-28)16-23-10-7-6-8-11-23/h6-13,17,21,24,27H,5,14-16,18-20H2,1-4H3/t24-,27+/m0/s1. The van der Waals surface area contributed by atoms with Gasteiger partial charge in [-0.05, 0) is 42.0 Å². The molecule has 6 nitrogen and oxygen atoms in total. The van der Waals surface area contributed by atoms with Gasteiger partial charge in [0.05, 0.1) is 18.9 Å². The Morgan fingerprint density at radius 3 is 2.69 bits per heavy atom. The van der Waals surface area contributed by atoms with Gasteiger partial charge in [0.1, 0.15) is 11.5 Å². The Balaban J connectivity index is 1.33. The predicted octanol–water partition coefficient (Wildman–Crippen LogP) is 6.41. The van der Waals surface area contributed by atoms with Crippen LogP contribution in [0.15, 0.2) is 59.0 Å². The molecular formula is C30H38N2O4. The van der Waals surface area contributed by atoms with Gasteiger partial charge in [-0.2, -0.15) is 0 Å². The highest BCUT2D eigenvalue weighted by Gasteiger charge is 2.36. The van der Waals surface area contributed by atoms with Crippen LogP contribution < -0.4 is 4.74 Å². The minimum absolute atomic E-state index is 0.202. The number of aryl methyl sites for hydroxylation is 1. The molecule has 1 aliphatic rings. The van der Waals surface area contributed by atoms with Crippen LogP contribution in [0.2, 0.25) is 0 Å². The molecule has 0 N–H and O–H groups in total. The molecule has 0 aliphatic carbocycles. The zero-order valence-electron chi connectivity index (χ0n) is 21.9. The second-order valence-corrected chi connectivity index (χ2v) is 10.1. The van der Waals surface area contributed by atoms with Gasteiger partial charge in [0.15, 0.2) is 5.89 Å². The molecule has 36 heavy (non-hydrogen) atoms. The molecule has 1 aliphatic heterocycles. The highest BCUT2D eigenvalue weighted by molar-refractivity contribution is 5.68. The summed E-state index contributed by atoms with van der Waals surface area (Å²) in [6.07, 6.45) is 2.18. The van der Waals surface area contributed by atoms with Crippen molar-refractivity contribution in [1.82, 2.24) is 9.88 Å². The fourth-order valence-electron chi connectivity index (χ4n) is 4.81. The van der Waals surface area contributed by atoms with E-state index in [1.165, 1.54) is 11.1 Å². The molecule has 0 radical (unpaired) electrons. The number of aromatic nitrogens is 1. The summed E-state index contributed by atoms with van der Waals surface area (Å²) < 4.78 is 17.5. The number of carbonyl (C=O) groups is 1. The first-order chi connectivity index (χ1) is 17.4. The Morgan fingerprint density at radius 2 is 1.94 bits per heavy atom. The maximum atomic E-state index is 12.5. The Hall–Kier alpha value is -3.28. The van der Waals surface area contributed by atoms with E-state index in [2.05, 4.69) is 31.2 Å². The number of benzene rings is 2. The molecule has 1 amide bonds. The molecule has 192 valence electrons. The topological polar surface area (TPSA) is 64.8 Å². The van der Waals surface area contributed by atoms with E-state index in [9.17, 15) is 4.79 Å². The van der Waals surface area contributed by atoms with Crippen LogP contribution in [0.5, 0.6) is 5.75 Å². The zero-order valence-corrected chi connectivity index (χ0v) is 21.9. The summed E-state index contributed by atoms with van der Waals surface area (Å²) in [5, 5.41) is 0. The summed E-state index contributed by atoms with van der Waals surface area (Å²) in [6.45, 7) is 10.6. The van der Waals surface area contributed by atoms with E-state index in [1.54, 1.807) is 0 Å². The third-order valence-corrected chi connectivity index (χ3v) is 6.79. The summed E-state index contributed by atoms with van der Waals surface area (Å²) in [7, 11) is 0. The number of ether oxygens (including phenoxy) is 2. The Morgan fingerprint density at radius 1 is 1.14 bits per heavy atom. The number of likely N-dealkylation sites (tertiary alicyclic amines) is 1. The van der Waals surface area contributed by atoms with Gasteiger partial charge in [0, 0.05) is 31.8 Å². The first-order valence-electron chi connectivity index (χ1n) is 13.1. The fourth-order valence-corrected chi connectivity index (χ4v) is 4.81. The van der Waals surface area contributed by atoms with Crippen LogP contribution in [0.1, 0.15) is 61.6 Å². The smallest absolute Gasteiger partial charge is 0.409 e. The maximum absolute atomic E-state index is 12.5. The number of nitrogens with zero attached hydrogens (tertiary/aromatic N) is 2. The van der Waals surface area contributed by atoms with E-state index in [1.807, 2.05) is 56.0 Å². The van der Waals surface area contributed by atoms with E-state index >= 15 is 0 Å². The van der Waals surface area contributed by atoms with E-state index in [-0.39, 0.29) is 12.0 Å².